The van der Waals surface area contributed by atoms with Gasteiger partial charge in [-0.15, -0.1) is 10.2 Å². The summed E-state index contributed by atoms with van der Waals surface area (Å²) in [5, 5.41) is 8.61. The molecule has 0 N–H and O–H groups in total. The molecular weight excluding hydrogens is 386 g/mol. The minimum Gasteiger partial charge on any atom is -0.425 e. The van der Waals surface area contributed by atoms with E-state index in [0.717, 1.165) is 17.2 Å². The van der Waals surface area contributed by atoms with E-state index in [-0.39, 0.29) is 4.90 Å². The molecular formula is C17H23N5O3S2. The Hall–Kier alpha value is -1.91. The SMILES string of the molecule is CCN(CC)S(=O)(=O)c1ccc2c(c1)nc(SCc1nnc(C)o1)n2CC. The van der Waals surface area contributed by atoms with Crippen LogP contribution in [0.5, 0.6) is 0 Å². The van der Waals surface area contributed by atoms with Crippen LogP contribution in [0.2, 0.25) is 0 Å². The van der Waals surface area contributed by atoms with Gasteiger partial charge in [0.15, 0.2) is 5.16 Å². The topological polar surface area (TPSA) is 94.1 Å². The number of imidazole rings is 1. The van der Waals surface area contributed by atoms with Gasteiger partial charge < -0.3 is 8.98 Å². The molecule has 3 rings (SSSR count). The minimum atomic E-state index is -3.51. The number of rotatable bonds is 8. The van der Waals surface area contributed by atoms with Crippen LogP contribution < -0.4 is 0 Å². The molecule has 0 aliphatic carbocycles. The Bertz CT molecular complexity index is 1040. The highest BCUT2D eigenvalue weighted by Crippen LogP contribution is 2.28. The summed E-state index contributed by atoms with van der Waals surface area (Å²) in [4.78, 5) is 4.91. The monoisotopic (exact) mass is 409 g/mol. The molecule has 0 saturated carbocycles. The number of hydrogen-bond donors (Lipinski definition) is 0. The number of benzene rings is 1. The van der Waals surface area contributed by atoms with Gasteiger partial charge in [-0.05, 0) is 25.1 Å². The molecule has 27 heavy (non-hydrogen) atoms. The lowest BCUT2D eigenvalue weighted by atomic mass is 10.3. The summed E-state index contributed by atoms with van der Waals surface area (Å²) >= 11 is 1.49. The highest BCUT2D eigenvalue weighted by atomic mass is 32.2. The maximum atomic E-state index is 12.8. The summed E-state index contributed by atoms with van der Waals surface area (Å²) in [6.45, 7) is 9.04. The van der Waals surface area contributed by atoms with Gasteiger partial charge in [0, 0.05) is 26.6 Å². The average Bonchev–Trinajstić information content (AvgIpc) is 3.22. The molecule has 3 aromatic rings. The molecule has 0 spiro atoms. The molecule has 0 fully saturated rings. The van der Waals surface area contributed by atoms with Gasteiger partial charge in [-0.3, -0.25) is 0 Å². The van der Waals surface area contributed by atoms with Crippen LogP contribution in [-0.4, -0.2) is 45.6 Å². The third-order valence-corrected chi connectivity index (χ3v) is 7.24. The summed E-state index contributed by atoms with van der Waals surface area (Å²) in [5.41, 5.74) is 1.56. The lowest BCUT2D eigenvalue weighted by Crippen LogP contribution is -2.30. The first-order valence-electron chi connectivity index (χ1n) is 8.82. The molecule has 2 heterocycles. The maximum Gasteiger partial charge on any atom is 0.243 e. The van der Waals surface area contributed by atoms with Crippen LogP contribution in [0.4, 0.5) is 0 Å². The Morgan fingerprint density at radius 2 is 1.93 bits per heavy atom. The van der Waals surface area contributed by atoms with Gasteiger partial charge in [0.1, 0.15) is 0 Å². The van der Waals surface area contributed by atoms with Crippen LogP contribution in [0.15, 0.2) is 32.7 Å². The van der Waals surface area contributed by atoms with Crippen molar-refractivity contribution in [3.05, 3.63) is 30.0 Å². The zero-order valence-corrected chi connectivity index (χ0v) is 17.5. The third kappa shape index (κ3) is 3.87. The molecule has 0 aliphatic rings. The molecule has 0 amide bonds. The van der Waals surface area contributed by atoms with Gasteiger partial charge in [-0.25, -0.2) is 13.4 Å². The smallest absolute Gasteiger partial charge is 0.243 e. The standard InChI is InChI=1S/C17H23N5O3S2/c1-5-21(6-2)27(23,24)13-8-9-15-14(10-13)18-17(22(15)7-3)26-11-16-20-19-12(4)25-16/h8-10H,5-7,11H2,1-4H3. The van der Waals surface area contributed by atoms with Crippen molar-refractivity contribution in [3.63, 3.8) is 0 Å². The van der Waals surface area contributed by atoms with Crippen molar-refractivity contribution in [2.45, 2.75) is 50.0 Å². The molecule has 10 heteroatoms. The van der Waals surface area contributed by atoms with Gasteiger partial charge in [-0.1, -0.05) is 25.6 Å². The quantitative estimate of drug-likeness (QED) is 0.528. The summed E-state index contributed by atoms with van der Waals surface area (Å²) in [6, 6.07) is 5.12. The molecule has 0 saturated heterocycles. The van der Waals surface area contributed by atoms with E-state index < -0.39 is 10.0 Å². The van der Waals surface area contributed by atoms with Gasteiger partial charge in [0.05, 0.1) is 21.7 Å². The van der Waals surface area contributed by atoms with Crippen LogP contribution in [0.25, 0.3) is 11.0 Å². The summed E-state index contributed by atoms with van der Waals surface area (Å²) in [5.74, 6) is 1.58. The Morgan fingerprint density at radius 3 is 2.52 bits per heavy atom. The van der Waals surface area contributed by atoms with Crippen molar-refractivity contribution < 1.29 is 12.8 Å². The van der Waals surface area contributed by atoms with E-state index in [1.54, 1.807) is 19.1 Å². The fourth-order valence-electron chi connectivity index (χ4n) is 2.90. The van der Waals surface area contributed by atoms with Crippen LogP contribution in [0.1, 0.15) is 32.6 Å². The van der Waals surface area contributed by atoms with Crippen LogP contribution in [-0.2, 0) is 22.3 Å². The second-order valence-corrected chi connectivity index (χ2v) is 8.76. The number of nitrogens with zero attached hydrogens (tertiary/aromatic N) is 5. The van der Waals surface area contributed by atoms with Crippen molar-refractivity contribution in [2.75, 3.05) is 13.1 Å². The molecule has 0 radical (unpaired) electrons. The highest BCUT2D eigenvalue weighted by molar-refractivity contribution is 7.98. The molecule has 8 nitrogen and oxygen atoms in total. The van der Waals surface area contributed by atoms with Gasteiger partial charge >= 0.3 is 0 Å². The summed E-state index contributed by atoms with van der Waals surface area (Å²) in [7, 11) is -3.51. The first kappa shape index (κ1) is 19.8. The number of hydrogen-bond acceptors (Lipinski definition) is 7. The molecule has 0 unspecified atom stereocenters. The van der Waals surface area contributed by atoms with Crippen LogP contribution >= 0.6 is 11.8 Å². The molecule has 146 valence electrons. The first-order chi connectivity index (χ1) is 12.9. The Labute approximate surface area is 163 Å². The van der Waals surface area contributed by atoms with Crippen molar-refractivity contribution >= 4 is 32.8 Å². The largest absolute Gasteiger partial charge is 0.425 e. The van der Waals surface area contributed by atoms with E-state index in [1.165, 1.54) is 16.1 Å². The number of aromatic nitrogens is 4. The van der Waals surface area contributed by atoms with E-state index in [0.29, 0.717) is 36.1 Å². The number of aryl methyl sites for hydroxylation is 2. The Balaban J connectivity index is 1.95. The van der Waals surface area contributed by atoms with Gasteiger partial charge in [-0.2, -0.15) is 4.31 Å². The number of fused-ring (bicyclic) bond motifs is 1. The lowest BCUT2D eigenvalue weighted by molar-refractivity contribution is 0.445. The zero-order chi connectivity index (χ0) is 19.6. The fourth-order valence-corrected chi connectivity index (χ4v) is 5.29. The van der Waals surface area contributed by atoms with Crippen LogP contribution in [0.3, 0.4) is 0 Å². The molecule has 0 aliphatic heterocycles. The van der Waals surface area contributed by atoms with Gasteiger partial charge in [0.25, 0.3) is 0 Å². The molecule has 1 aromatic carbocycles. The molecule has 0 atom stereocenters. The van der Waals surface area contributed by atoms with E-state index in [4.69, 9.17) is 4.42 Å². The predicted octanol–water partition coefficient (Wildman–Crippen LogP) is 3.07. The Kier molecular flexibility index (Phi) is 5.87. The van der Waals surface area contributed by atoms with Crippen molar-refractivity contribution in [1.82, 2.24) is 24.1 Å². The maximum absolute atomic E-state index is 12.8. The summed E-state index contributed by atoms with van der Waals surface area (Å²) < 4.78 is 34.4. The van der Waals surface area contributed by atoms with Crippen molar-refractivity contribution in [3.8, 4) is 0 Å². The van der Waals surface area contributed by atoms with E-state index >= 15 is 0 Å². The number of sulfonamides is 1. The number of thioether (sulfide) groups is 1. The van der Waals surface area contributed by atoms with Crippen LogP contribution in [0, 0.1) is 6.92 Å². The normalized spacial score (nSPS) is 12.3. The zero-order valence-electron chi connectivity index (χ0n) is 15.8. The van der Waals surface area contributed by atoms with E-state index in [2.05, 4.69) is 19.7 Å². The van der Waals surface area contributed by atoms with Crippen molar-refractivity contribution in [2.24, 2.45) is 0 Å². The second kappa shape index (κ2) is 7.99. The average molecular weight is 410 g/mol. The van der Waals surface area contributed by atoms with E-state index in [9.17, 15) is 8.42 Å². The van der Waals surface area contributed by atoms with Crippen molar-refractivity contribution in [1.29, 1.82) is 0 Å². The minimum absolute atomic E-state index is 0.267. The predicted molar refractivity (Wildman–Crippen MR) is 104 cm³/mol. The molecule has 2 aromatic heterocycles. The third-order valence-electron chi connectivity index (χ3n) is 4.24. The first-order valence-corrected chi connectivity index (χ1v) is 11.2. The fraction of sp³-hybridized carbons (Fsp3) is 0.471. The summed E-state index contributed by atoms with van der Waals surface area (Å²) in [6.07, 6.45) is 0. The second-order valence-electron chi connectivity index (χ2n) is 5.88. The highest BCUT2D eigenvalue weighted by Gasteiger charge is 2.23. The Morgan fingerprint density at radius 1 is 1.19 bits per heavy atom. The lowest BCUT2D eigenvalue weighted by Gasteiger charge is -2.18. The molecule has 0 bridgehead atoms. The van der Waals surface area contributed by atoms with Gasteiger partial charge in [0.2, 0.25) is 21.8 Å². The van der Waals surface area contributed by atoms with E-state index in [1.807, 2.05) is 26.8 Å².